The number of nitriles is 1. The van der Waals surface area contributed by atoms with E-state index in [0.717, 1.165) is 24.3 Å². The molecule has 0 amide bonds. The molecular weight excluding hydrogens is 360 g/mol. The lowest BCUT2D eigenvalue weighted by Gasteiger charge is -2.26. The Hall–Kier alpha value is -2.32. The molecule has 0 bridgehead atoms. The molecule has 3 rings (SSSR count). The van der Waals surface area contributed by atoms with Crippen molar-refractivity contribution in [1.29, 1.82) is 5.26 Å². The average Bonchev–Trinajstić information content (AvgIpc) is 3.10. The smallest absolute Gasteiger partial charge is 0.252 e. The first-order valence-electron chi connectivity index (χ1n) is 9.65. The molecule has 1 aromatic heterocycles. The Labute approximate surface area is 165 Å². The maximum absolute atomic E-state index is 9.34. The molecule has 0 aliphatic heterocycles. The van der Waals surface area contributed by atoms with E-state index in [0.29, 0.717) is 22.7 Å². The van der Waals surface area contributed by atoms with Crippen LogP contribution in [-0.4, -0.2) is 11.2 Å². The molecule has 1 N–H and O–H groups in total. The van der Waals surface area contributed by atoms with Crippen molar-refractivity contribution in [3.63, 3.8) is 0 Å². The van der Waals surface area contributed by atoms with E-state index in [1.165, 1.54) is 32.1 Å². The molecule has 2 aromatic rings. The Kier molecular flexibility index (Phi) is 6.89. The van der Waals surface area contributed by atoms with E-state index in [1.54, 1.807) is 18.3 Å². The molecule has 1 aliphatic rings. The second kappa shape index (κ2) is 9.57. The fourth-order valence-corrected chi connectivity index (χ4v) is 3.80. The number of hydrogen-bond acceptors (Lipinski definition) is 5. The van der Waals surface area contributed by atoms with E-state index in [9.17, 15) is 5.26 Å². The zero-order valence-corrected chi connectivity index (χ0v) is 16.4. The van der Waals surface area contributed by atoms with Gasteiger partial charge in [0, 0.05) is 10.9 Å². The van der Waals surface area contributed by atoms with Crippen LogP contribution >= 0.6 is 11.6 Å². The molecule has 1 heterocycles. The zero-order chi connectivity index (χ0) is 19.1. The maximum atomic E-state index is 9.34. The van der Waals surface area contributed by atoms with Crippen LogP contribution in [0.5, 0.6) is 0 Å². The van der Waals surface area contributed by atoms with Crippen LogP contribution in [0.15, 0.2) is 33.8 Å². The van der Waals surface area contributed by atoms with Crippen molar-refractivity contribution in [1.82, 2.24) is 4.98 Å². The van der Waals surface area contributed by atoms with Crippen LogP contribution in [0, 0.1) is 17.2 Å². The summed E-state index contributed by atoms with van der Waals surface area (Å²) in [5, 5.41) is 14.1. The molecule has 0 atom stereocenters. The third kappa shape index (κ3) is 5.33. The van der Waals surface area contributed by atoms with Gasteiger partial charge in [-0.05, 0) is 49.3 Å². The summed E-state index contributed by atoms with van der Waals surface area (Å²) in [6.45, 7) is 2.24. The summed E-state index contributed by atoms with van der Waals surface area (Å²) in [5.41, 5.74) is 3.91. The predicted molar refractivity (Wildman–Crippen MR) is 108 cm³/mol. The van der Waals surface area contributed by atoms with Gasteiger partial charge >= 0.3 is 0 Å². The summed E-state index contributed by atoms with van der Waals surface area (Å²) in [6, 6.07) is 9.45. The van der Waals surface area contributed by atoms with Crippen molar-refractivity contribution in [2.24, 2.45) is 11.0 Å². The predicted octanol–water partition coefficient (Wildman–Crippen LogP) is 6.11. The van der Waals surface area contributed by atoms with Crippen molar-refractivity contribution in [3.05, 3.63) is 46.4 Å². The number of hydrogen-bond donors (Lipinski definition) is 1. The normalized spacial score (nSPS) is 19.9. The van der Waals surface area contributed by atoms with Gasteiger partial charge in [0.2, 0.25) is 11.6 Å². The van der Waals surface area contributed by atoms with Crippen LogP contribution in [0.2, 0.25) is 5.02 Å². The third-order valence-electron chi connectivity index (χ3n) is 5.14. The van der Waals surface area contributed by atoms with E-state index in [2.05, 4.69) is 28.5 Å². The van der Waals surface area contributed by atoms with Crippen LogP contribution in [0.1, 0.15) is 74.9 Å². The highest BCUT2D eigenvalue weighted by molar-refractivity contribution is 6.30. The van der Waals surface area contributed by atoms with Gasteiger partial charge in [0.15, 0.2) is 0 Å². The monoisotopic (exact) mass is 384 g/mol. The van der Waals surface area contributed by atoms with Gasteiger partial charge < -0.3 is 4.42 Å². The summed E-state index contributed by atoms with van der Waals surface area (Å²) in [6.07, 6.45) is 10.1. The fourth-order valence-electron chi connectivity index (χ4n) is 3.61. The molecule has 1 saturated carbocycles. The van der Waals surface area contributed by atoms with Gasteiger partial charge in [-0.2, -0.15) is 10.4 Å². The van der Waals surface area contributed by atoms with Gasteiger partial charge in [-0.25, -0.2) is 10.4 Å². The van der Waals surface area contributed by atoms with Gasteiger partial charge in [-0.1, -0.05) is 49.9 Å². The lowest BCUT2D eigenvalue weighted by molar-refractivity contribution is 0.278. The minimum Gasteiger partial charge on any atom is -0.422 e. The van der Waals surface area contributed by atoms with Crippen molar-refractivity contribution in [2.45, 2.75) is 57.8 Å². The highest BCUT2D eigenvalue weighted by atomic mass is 35.5. The van der Waals surface area contributed by atoms with E-state index in [4.69, 9.17) is 16.0 Å². The van der Waals surface area contributed by atoms with Gasteiger partial charge in [-0.3, -0.25) is 0 Å². The number of anilines is 1. The summed E-state index contributed by atoms with van der Waals surface area (Å²) < 4.78 is 5.84. The van der Waals surface area contributed by atoms with Crippen LogP contribution in [0.25, 0.3) is 0 Å². The zero-order valence-electron chi connectivity index (χ0n) is 15.6. The summed E-state index contributed by atoms with van der Waals surface area (Å²) in [7, 11) is 0. The quantitative estimate of drug-likeness (QED) is 0.461. The molecule has 27 heavy (non-hydrogen) atoms. The first-order chi connectivity index (χ1) is 13.2. The van der Waals surface area contributed by atoms with E-state index < -0.39 is 0 Å². The van der Waals surface area contributed by atoms with Crippen LogP contribution in [0.4, 0.5) is 5.88 Å². The van der Waals surface area contributed by atoms with E-state index in [-0.39, 0.29) is 5.69 Å². The Bertz CT molecular complexity index is 816. The molecule has 6 heteroatoms. The molecule has 1 fully saturated rings. The van der Waals surface area contributed by atoms with Crippen molar-refractivity contribution in [2.75, 3.05) is 5.43 Å². The minimum absolute atomic E-state index is 0.251. The highest BCUT2D eigenvalue weighted by Crippen LogP contribution is 2.38. The van der Waals surface area contributed by atoms with E-state index >= 15 is 0 Å². The Morgan fingerprint density at radius 2 is 2.19 bits per heavy atom. The molecule has 0 spiro atoms. The van der Waals surface area contributed by atoms with Crippen molar-refractivity contribution >= 4 is 23.7 Å². The van der Waals surface area contributed by atoms with Crippen LogP contribution in [-0.2, 0) is 0 Å². The maximum Gasteiger partial charge on any atom is 0.252 e. The molecule has 0 unspecified atom stereocenters. The largest absolute Gasteiger partial charge is 0.422 e. The summed E-state index contributed by atoms with van der Waals surface area (Å²) in [5.74, 6) is 2.08. The lowest BCUT2D eigenvalue weighted by atomic mass is 9.80. The Balaban J connectivity index is 1.61. The first-order valence-corrected chi connectivity index (χ1v) is 10.0. The molecule has 1 aromatic carbocycles. The second-order valence-corrected chi connectivity index (χ2v) is 7.56. The number of nitrogens with one attached hydrogen (secondary N) is 1. The molecular formula is C21H25ClN4O. The minimum atomic E-state index is 0.251. The Morgan fingerprint density at radius 3 is 2.89 bits per heavy atom. The molecule has 0 saturated heterocycles. The number of halogens is 1. The summed E-state index contributed by atoms with van der Waals surface area (Å²) >= 11 is 5.96. The van der Waals surface area contributed by atoms with Crippen molar-refractivity contribution < 1.29 is 4.42 Å². The lowest BCUT2D eigenvalue weighted by Crippen LogP contribution is -2.13. The Morgan fingerprint density at radius 1 is 1.37 bits per heavy atom. The first kappa shape index (κ1) is 19.4. The second-order valence-electron chi connectivity index (χ2n) is 7.13. The van der Waals surface area contributed by atoms with Gasteiger partial charge in [-0.15, -0.1) is 0 Å². The number of unbranched alkanes of at least 4 members (excludes halogenated alkanes) is 1. The molecule has 0 radical (unpaired) electrons. The topological polar surface area (TPSA) is 74.2 Å². The fraction of sp³-hybridized carbons (Fsp3) is 0.476. The highest BCUT2D eigenvalue weighted by Gasteiger charge is 2.27. The SMILES string of the molecule is CCCCC1CCC(c2nc(C#N)c(N/N=C/c3cccc(Cl)c3)o2)CC1. The summed E-state index contributed by atoms with van der Waals surface area (Å²) in [4.78, 5) is 4.39. The molecule has 5 nitrogen and oxygen atoms in total. The van der Waals surface area contributed by atoms with Crippen LogP contribution in [0.3, 0.4) is 0 Å². The number of hydrazone groups is 1. The van der Waals surface area contributed by atoms with Gasteiger partial charge in [0.05, 0.1) is 6.21 Å². The number of benzene rings is 1. The average molecular weight is 385 g/mol. The van der Waals surface area contributed by atoms with Gasteiger partial charge in [0.1, 0.15) is 6.07 Å². The van der Waals surface area contributed by atoms with E-state index in [1.807, 2.05) is 12.1 Å². The molecule has 142 valence electrons. The van der Waals surface area contributed by atoms with Crippen molar-refractivity contribution in [3.8, 4) is 6.07 Å². The number of oxazole rings is 1. The van der Waals surface area contributed by atoms with Crippen LogP contribution < -0.4 is 5.43 Å². The number of aromatic nitrogens is 1. The third-order valence-corrected chi connectivity index (χ3v) is 5.38. The standard InChI is InChI=1S/C21H25ClN4O/c1-2-3-5-15-8-10-17(11-9-15)20-25-19(13-23)21(27-20)26-24-14-16-6-4-7-18(22)12-16/h4,6-7,12,14-15,17,26H,2-3,5,8-11H2,1H3/b24-14+. The number of nitrogens with zero attached hydrogens (tertiary/aromatic N) is 3. The van der Waals surface area contributed by atoms with Gasteiger partial charge in [0.25, 0.3) is 5.88 Å². The molecule has 1 aliphatic carbocycles. The number of rotatable bonds is 7.